The Bertz CT molecular complexity index is 388. The number of benzene rings is 1. The third kappa shape index (κ3) is 4.04. The molecule has 0 aliphatic heterocycles. The fourth-order valence-electron chi connectivity index (χ4n) is 1.03. The Labute approximate surface area is 93.4 Å². The maximum Gasteiger partial charge on any atom is 0.217 e. The van der Waals surface area contributed by atoms with Crippen molar-refractivity contribution in [1.29, 1.82) is 0 Å². The van der Waals surface area contributed by atoms with Gasteiger partial charge in [0.05, 0.1) is 5.02 Å². The quantitative estimate of drug-likeness (QED) is 0.829. The molecule has 0 aliphatic rings. The molecule has 1 aromatic carbocycles. The molecule has 0 atom stereocenters. The van der Waals surface area contributed by atoms with Crippen LogP contribution in [0.2, 0.25) is 5.02 Å². The average Bonchev–Trinajstić information content (AvgIpc) is 2.18. The molecule has 0 aromatic heterocycles. The number of phenols is 1. The van der Waals surface area contributed by atoms with E-state index >= 15 is 0 Å². The zero-order valence-corrected chi connectivity index (χ0v) is 9.08. The van der Waals surface area contributed by atoms with Crippen LogP contribution in [0.15, 0.2) is 24.3 Å². The highest BCUT2D eigenvalue weighted by atomic mass is 35.5. The minimum absolute atomic E-state index is 0.0540. The van der Waals surface area contributed by atoms with E-state index in [0.29, 0.717) is 11.6 Å². The molecule has 3 nitrogen and oxygen atoms in total. The zero-order valence-electron chi connectivity index (χ0n) is 8.33. The summed E-state index contributed by atoms with van der Waals surface area (Å²) >= 11 is 5.65. The smallest absolute Gasteiger partial charge is 0.217 e. The van der Waals surface area contributed by atoms with Gasteiger partial charge in [-0.1, -0.05) is 29.8 Å². The van der Waals surface area contributed by atoms with Gasteiger partial charge in [-0.2, -0.15) is 0 Å². The molecule has 80 valence electrons. The maximum atomic E-state index is 10.6. The van der Waals surface area contributed by atoms with Gasteiger partial charge >= 0.3 is 0 Å². The standard InChI is InChI=1S/C11H12ClNO2/c1-8(14)13-6-2-3-9-4-5-10(12)11(15)7-9/h2-5,7,15H,6H2,1H3,(H,13,14). The summed E-state index contributed by atoms with van der Waals surface area (Å²) in [6.45, 7) is 1.93. The molecule has 0 saturated carbocycles. The number of hydrogen-bond donors (Lipinski definition) is 2. The number of amides is 1. The van der Waals surface area contributed by atoms with E-state index < -0.39 is 0 Å². The molecule has 2 N–H and O–H groups in total. The lowest BCUT2D eigenvalue weighted by Crippen LogP contribution is -2.19. The summed E-state index contributed by atoms with van der Waals surface area (Å²) in [4.78, 5) is 10.6. The van der Waals surface area contributed by atoms with Crippen molar-refractivity contribution in [3.8, 4) is 5.75 Å². The van der Waals surface area contributed by atoms with Crippen LogP contribution in [0.4, 0.5) is 0 Å². The molecule has 0 aliphatic carbocycles. The summed E-state index contributed by atoms with van der Waals surface area (Å²) in [6.07, 6.45) is 3.59. The summed E-state index contributed by atoms with van der Waals surface area (Å²) in [7, 11) is 0. The highest BCUT2D eigenvalue weighted by molar-refractivity contribution is 6.32. The molecule has 0 heterocycles. The van der Waals surface area contributed by atoms with Gasteiger partial charge in [0.25, 0.3) is 0 Å². The number of nitrogens with one attached hydrogen (secondary N) is 1. The van der Waals surface area contributed by atoms with Gasteiger partial charge in [-0.3, -0.25) is 4.79 Å². The van der Waals surface area contributed by atoms with E-state index in [9.17, 15) is 9.90 Å². The lowest BCUT2D eigenvalue weighted by molar-refractivity contribution is -0.118. The lowest BCUT2D eigenvalue weighted by atomic mass is 10.2. The van der Waals surface area contributed by atoms with Gasteiger partial charge in [-0.25, -0.2) is 0 Å². The Morgan fingerprint density at radius 1 is 1.60 bits per heavy atom. The van der Waals surface area contributed by atoms with E-state index in [1.807, 2.05) is 0 Å². The van der Waals surface area contributed by atoms with E-state index in [4.69, 9.17) is 11.6 Å². The second-order valence-electron chi connectivity index (χ2n) is 3.05. The van der Waals surface area contributed by atoms with Crippen LogP contribution in [0.5, 0.6) is 5.75 Å². The van der Waals surface area contributed by atoms with Crippen LogP contribution >= 0.6 is 11.6 Å². The predicted molar refractivity (Wildman–Crippen MR) is 60.8 cm³/mol. The Morgan fingerprint density at radius 2 is 2.33 bits per heavy atom. The summed E-state index contributed by atoms with van der Waals surface area (Å²) in [5.41, 5.74) is 0.835. The number of hydrogen-bond acceptors (Lipinski definition) is 2. The van der Waals surface area contributed by atoms with Crippen LogP contribution in [0, 0.1) is 0 Å². The Kier molecular flexibility index (Phi) is 4.18. The van der Waals surface area contributed by atoms with E-state index in [1.165, 1.54) is 6.92 Å². The number of carbonyl (C=O) groups is 1. The Hall–Kier alpha value is -1.48. The van der Waals surface area contributed by atoms with E-state index in [-0.39, 0.29) is 11.7 Å². The minimum Gasteiger partial charge on any atom is -0.506 e. The molecular weight excluding hydrogens is 214 g/mol. The fourth-order valence-corrected chi connectivity index (χ4v) is 1.15. The number of carbonyl (C=O) groups excluding carboxylic acids is 1. The first kappa shape index (κ1) is 11.6. The Morgan fingerprint density at radius 3 is 2.93 bits per heavy atom. The molecule has 1 aromatic rings. The second kappa shape index (κ2) is 5.41. The van der Waals surface area contributed by atoms with Crippen LogP contribution in [-0.2, 0) is 4.79 Å². The topological polar surface area (TPSA) is 49.3 Å². The van der Waals surface area contributed by atoms with Crippen molar-refractivity contribution in [2.24, 2.45) is 0 Å². The van der Waals surface area contributed by atoms with Crippen molar-refractivity contribution < 1.29 is 9.90 Å². The van der Waals surface area contributed by atoms with Gasteiger partial charge < -0.3 is 10.4 Å². The number of halogens is 1. The Balaban J connectivity index is 2.57. The lowest BCUT2D eigenvalue weighted by Gasteiger charge is -1.98. The zero-order chi connectivity index (χ0) is 11.3. The highest BCUT2D eigenvalue weighted by Gasteiger charge is 1.96. The first-order chi connectivity index (χ1) is 7.09. The van der Waals surface area contributed by atoms with Crippen LogP contribution in [0.25, 0.3) is 6.08 Å². The van der Waals surface area contributed by atoms with Gasteiger partial charge in [-0.05, 0) is 17.7 Å². The van der Waals surface area contributed by atoms with Gasteiger partial charge in [0, 0.05) is 13.5 Å². The van der Waals surface area contributed by atoms with E-state index in [0.717, 1.165) is 5.56 Å². The van der Waals surface area contributed by atoms with Crippen molar-refractivity contribution in [2.75, 3.05) is 6.54 Å². The molecule has 4 heteroatoms. The molecule has 0 fully saturated rings. The largest absolute Gasteiger partial charge is 0.506 e. The molecule has 1 rings (SSSR count). The molecule has 0 radical (unpaired) electrons. The van der Waals surface area contributed by atoms with E-state index in [1.54, 1.807) is 30.4 Å². The third-order valence-electron chi connectivity index (χ3n) is 1.75. The molecular formula is C11H12ClNO2. The van der Waals surface area contributed by atoms with E-state index in [2.05, 4.69) is 5.32 Å². The normalized spacial score (nSPS) is 10.5. The van der Waals surface area contributed by atoms with Crippen molar-refractivity contribution in [1.82, 2.24) is 5.32 Å². The van der Waals surface area contributed by atoms with Crippen molar-refractivity contribution in [3.05, 3.63) is 34.9 Å². The summed E-state index contributed by atoms with van der Waals surface area (Å²) in [6, 6.07) is 4.97. The monoisotopic (exact) mass is 225 g/mol. The molecule has 1 amide bonds. The minimum atomic E-state index is -0.0707. The number of rotatable bonds is 3. The van der Waals surface area contributed by atoms with Gasteiger partial charge in [0.1, 0.15) is 5.75 Å². The molecule has 0 spiro atoms. The molecule has 15 heavy (non-hydrogen) atoms. The molecule has 0 bridgehead atoms. The number of phenolic OH excluding ortho intramolecular Hbond substituents is 1. The average molecular weight is 226 g/mol. The van der Waals surface area contributed by atoms with Crippen LogP contribution in [0.3, 0.4) is 0 Å². The molecule has 0 saturated heterocycles. The third-order valence-corrected chi connectivity index (χ3v) is 2.07. The van der Waals surface area contributed by atoms with Crippen molar-refractivity contribution >= 4 is 23.6 Å². The van der Waals surface area contributed by atoms with Gasteiger partial charge in [-0.15, -0.1) is 0 Å². The van der Waals surface area contributed by atoms with Crippen LogP contribution in [0.1, 0.15) is 12.5 Å². The fraction of sp³-hybridized carbons (Fsp3) is 0.182. The van der Waals surface area contributed by atoms with Crippen LogP contribution in [-0.4, -0.2) is 17.6 Å². The maximum absolute atomic E-state index is 10.6. The summed E-state index contributed by atoms with van der Waals surface area (Å²) < 4.78 is 0. The summed E-state index contributed by atoms with van der Waals surface area (Å²) in [5.74, 6) is -0.0167. The first-order valence-corrected chi connectivity index (χ1v) is 4.87. The first-order valence-electron chi connectivity index (χ1n) is 4.49. The second-order valence-corrected chi connectivity index (χ2v) is 3.46. The SMILES string of the molecule is CC(=O)NCC=Cc1ccc(Cl)c(O)c1. The van der Waals surface area contributed by atoms with Gasteiger partial charge in [0.15, 0.2) is 0 Å². The van der Waals surface area contributed by atoms with Crippen molar-refractivity contribution in [2.45, 2.75) is 6.92 Å². The highest BCUT2D eigenvalue weighted by Crippen LogP contribution is 2.23. The van der Waals surface area contributed by atoms with Gasteiger partial charge in [0.2, 0.25) is 5.91 Å². The number of aromatic hydroxyl groups is 1. The van der Waals surface area contributed by atoms with Crippen molar-refractivity contribution in [3.63, 3.8) is 0 Å². The molecule has 0 unspecified atom stereocenters. The van der Waals surface area contributed by atoms with Crippen LogP contribution < -0.4 is 5.32 Å². The predicted octanol–water partition coefficient (Wildman–Crippen LogP) is 2.19. The summed E-state index contributed by atoms with van der Waals surface area (Å²) in [5, 5.41) is 12.3.